The first-order valence-electron chi connectivity index (χ1n) is 7.72. The van der Waals surface area contributed by atoms with Crippen LogP contribution in [0.2, 0.25) is 0 Å². The molecule has 0 radical (unpaired) electrons. The van der Waals surface area contributed by atoms with Gasteiger partial charge in [-0.25, -0.2) is 12.7 Å². The van der Waals surface area contributed by atoms with Gasteiger partial charge in [0.15, 0.2) is 0 Å². The number of aliphatic hydroxyl groups is 1. The molecule has 0 aromatic heterocycles. The maximum Gasteiger partial charge on any atom is 0.269 e. The monoisotopic (exact) mass is 389 g/mol. The quantitative estimate of drug-likeness (QED) is 0.612. The zero-order chi connectivity index (χ0) is 19.9. The fourth-order valence-electron chi connectivity index (χ4n) is 2.75. The maximum absolute atomic E-state index is 12.8. The highest BCUT2D eigenvalue weighted by Crippen LogP contribution is 2.35. The van der Waals surface area contributed by atoms with Crippen LogP contribution in [0.3, 0.4) is 0 Å². The molecular formula is C17H15N3O6S. The van der Waals surface area contributed by atoms with E-state index in [1.807, 2.05) is 0 Å². The molecule has 0 spiro atoms. The predicted octanol–water partition coefficient (Wildman–Crippen LogP) is 2.40. The molecule has 1 heterocycles. The van der Waals surface area contributed by atoms with Crippen molar-refractivity contribution in [2.45, 2.75) is 11.8 Å². The van der Waals surface area contributed by atoms with E-state index in [0.717, 1.165) is 7.05 Å². The Morgan fingerprint density at radius 3 is 2.52 bits per heavy atom. The number of nitro groups is 1. The van der Waals surface area contributed by atoms with E-state index in [-0.39, 0.29) is 21.7 Å². The van der Waals surface area contributed by atoms with Crippen molar-refractivity contribution in [3.63, 3.8) is 0 Å². The highest BCUT2D eigenvalue weighted by molar-refractivity contribution is 7.89. The number of non-ortho nitro benzene ring substituents is 1. The number of rotatable bonds is 3. The van der Waals surface area contributed by atoms with Gasteiger partial charge in [-0.3, -0.25) is 14.9 Å². The minimum atomic E-state index is -3.96. The van der Waals surface area contributed by atoms with E-state index >= 15 is 0 Å². The Morgan fingerprint density at radius 1 is 1.22 bits per heavy atom. The predicted molar refractivity (Wildman–Crippen MR) is 97.4 cm³/mol. The number of amides is 1. The maximum atomic E-state index is 12.8. The van der Waals surface area contributed by atoms with Crippen LogP contribution in [-0.4, -0.2) is 35.7 Å². The number of nitrogens with zero attached hydrogens (tertiary/aromatic N) is 2. The summed E-state index contributed by atoms with van der Waals surface area (Å²) < 4.78 is 25.5. The van der Waals surface area contributed by atoms with E-state index < -0.39 is 26.7 Å². The Morgan fingerprint density at radius 2 is 1.89 bits per heavy atom. The van der Waals surface area contributed by atoms with Gasteiger partial charge in [-0.2, -0.15) is 0 Å². The summed E-state index contributed by atoms with van der Waals surface area (Å²) >= 11 is 0. The first-order valence-corrected chi connectivity index (χ1v) is 9.16. The number of nitrogens with one attached hydrogen (secondary N) is 1. The number of hydrogen-bond acceptors (Lipinski definition) is 6. The van der Waals surface area contributed by atoms with Crippen LogP contribution in [0.4, 0.5) is 11.4 Å². The number of sulfonamides is 1. The molecule has 0 atom stereocenters. The summed E-state index contributed by atoms with van der Waals surface area (Å²) in [5.74, 6) is -1.44. The lowest BCUT2D eigenvalue weighted by Gasteiger charge is -2.27. The fourth-order valence-corrected chi connectivity index (χ4v) is 4.06. The second-order valence-electron chi connectivity index (χ2n) is 5.88. The van der Waals surface area contributed by atoms with Gasteiger partial charge in [-0.15, -0.1) is 0 Å². The first-order chi connectivity index (χ1) is 12.6. The average Bonchev–Trinajstić information content (AvgIpc) is 2.62. The summed E-state index contributed by atoms with van der Waals surface area (Å²) in [7, 11) is -2.82. The summed E-state index contributed by atoms with van der Waals surface area (Å²) in [6, 6.07) is 9.75. The molecule has 0 unspecified atom stereocenters. The molecule has 9 nitrogen and oxygen atoms in total. The molecule has 1 aliphatic heterocycles. The number of benzene rings is 2. The molecule has 27 heavy (non-hydrogen) atoms. The molecule has 0 fully saturated rings. The first kappa shape index (κ1) is 18.4. The van der Waals surface area contributed by atoms with E-state index in [1.54, 1.807) is 13.0 Å². The number of aliphatic hydroxyl groups excluding tert-OH is 1. The van der Waals surface area contributed by atoms with Crippen molar-refractivity contribution in [3.05, 3.63) is 69.6 Å². The number of fused-ring (bicyclic) bond motifs is 1. The van der Waals surface area contributed by atoms with Crippen LogP contribution in [0.5, 0.6) is 0 Å². The van der Waals surface area contributed by atoms with Crippen molar-refractivity contribution in [3.8, 4) is 0 Å². The van der Waals surface area contributed by atoms with Gasteiger partial charge in [0.1, 0.15) is 5.57 Å². The van der Waals surface area contributed by atoms with Crippen LogP contribution in [-0.2, 0) is 14.8 Å². The van der Waals surface area contributed by atoms with Gasteiger partial charge >= 0.3 is 0 Å². The van der Waals surface area contributed by atoms with Crippen molar-refractivity contribution in [1.82, 2.24) is 4.31 Å². The lowest BCUT2D eigenvalue weighted by Crippen LogP contribution is -2.34. The van der Waals surface area contributed by atoms with E-state index in [9.17, 15) is 28.4 Å². The van der Waals surface area contributed by atoms with E-state index in [0.29, 0.717) is 15.6 Å². The SMILES string of the molecule is Cc1cc([N+](=O)[O-])ccc1NC(=O)C1=C(O)N(C)S(=O)(=O)c2ccccc21. The van der Waals surface area contributed by atoms with Crippen molar-refractivity contribution in [2.24, 2.45) is 0 Å². The summed E-state index contributed by atoms with van der Waals surface area (Å²) in [5.41, 5.74) is 0.495. The van der Waals surface area contributed by atoms with Gasteiger partial charge < -0.3 is 10.4 Å². The highest BCUT2D eigenvalue weighted by atomic mass is 32.2. The molecule has 10 heteroatoms. The fraction of sp³-hybridized carbons (Fsp3) is 0.118. The van der Waals surface area contributed by atoms with E-state index in [2.05, 4.69) is 5.32 Å². The van der Waals surface area contributed by atoms with Gasteiger partial charge in [-0.1, -0.05) is 18.2 Å². The second kappa shape index (κ2) is 6.40. The molecule has 3 rings (SSSR count). The normalized spacial score (nSPS) is 15.3. The molecule has 1 amide bonds. The summed E-state index contributed by atoms with van der Waals surface area (Å²) in [4.78, 5) is 23.0. The van der Waals surface area contributed by atoms with Crippen molar-refractivity contribution >= 4 is 32.9 Å². The Hall–Kier alpha value is -3.40. The van der Waals surface area contributed by atoms with Gasteiger partial charge in [-0.05, 0) is 24.6 Å². The van der Waals surface area contributed by atoms with Crippen molar-refractivity contribution < 1.29 is 23.2 Å². The Bertz CT molecular complexity index is 1110. The minimum absolute atomic E-state index is 0.0742. The van der Waals surface area contributed by atoms with Crippen LogP contribution >= 0.6 is 0 Å². The van der Waals surface area contributed by atoms with Crippen LogP contribution in [0.25, 0.3) is 5.57 Å². The standard InChI is InChI=1S/C17H15N3O6S/c1-10-9-11(20(23)24)7-8-13(10)18-16(21)15-12-5-3-4-6-14(12)27(25,26)19(2)17(15)22/h3-9,22H,1-2H3,(H,18,21). The van der Waals surface area contributed by atoms with Crippen molar-refractivity contribution in [2.75, 3.05) is 12.4 Å². The van der Waals surface area contributed by atoms with E-state index in [4.69, 9.17) is 0 Å². The number of carbonyl (C=O) groups excluding carboxylic acids is 1. The summed E-state index contributed by atoms with van der Waals surface area (Å²) in [5, 5.41) is 23.7. The van der Waals surface area contributed by atoms with Crippen LogP contribution < -0.4 is 5.32 Å². The Balaban J connectivity index is 2.04. The lowest BCUT2D eigenvalue weighted by molar-refractivity contribution is -0.384. The summed E-state index contributed by atoms with van der Waals surface area (Å²) in [6.45, 7) is 1.59. The topological polar surface area (TPSA) is 130 Å². The zero-order valence-electron chi connectivity index (χ0n) is 14.3. The number of anilines is 1. The highest BCUT2D eigenvalue weighted by Gasteiger charge is 2.37. The van der Waals surface area contributed by atoms with E-state index in [1.165, 1.54) is 36.4 Å². The van der Waals surface area contributed by atoms with Crippen LogP contribution in [0.15, 0.2) is 53.2 Å². The van der Waals surface area contributed by atoms with Gasteiger partial charge in [0.25, 0.3) is 21.6 Å². The largest absolute Gasteiger partial charge is 0.493 e. The molecule has 140 valence electrons. The van der Waals surface area contributed by atoms with Gasteiger partial charge in [0.2, 0.25) is 5.88 Å². The third-order valence-corrected chi connectivity index (χ3v) is 6.02. The van der Waals surface area contributed by atoms with Crippen LogP contribution in [0, 0.1) is 17.0 Å². The third-order valence-electron chi connectivity index (χ3n) is 4.21. The number of aryl methyl sites for hydroxylation is 1. The molecule has 2 aromatic rings. The number of carbonyl (C=O) groups is 1. The molecular weight excluding hydrogens is 374 g/mol. The minimum Gasteiger partial charge on any atom is -0.493 e. The molecule has 2 aromatic carbocycles. The smallest absolute Gasteiger partial charge is 0.269 e. The molecule has 0 saturated heterocycles. The lowest BCUT2D eigenvalue weighted by atomic mass is 10.0. The third kappa shape index (κ3) is 2.99. The number of nitro benzene ring substituents is 1. The molecule has 0 saturated carbocycles. The average molecular weight is 389 g/mol. The Kier molecular flexibility index (Phi) is 4.36. The number of hydrogen-bond donors (Lipinski definition) is 2. The molecule has 2 N–H and O–H groups in total. The Labute approximate surface area is 154 Å². The molecule has 0 bridgehead atoms. The van der Waals surface area contributed by atoms with Crippen LogP contribution in [0.1, 0.15) is 11.1 Å². The van der Waals surface area contributed by atoms with Crippen molar-refractivity contribution in [1.29, 1.82) is 0 Å². The molecule has 1 aliphatic rings. The molecule has 0 aliphatic carbocycles. The second-order valence-corrected chi connectivity index (χ2v) is 7.82. The van der Waals surface area contributed by atoms with Gasteiger partial charge in [0, 0.05) is 30.4 Å². The summed E-state index contributed by atoms with van der Waals surface area (Å²) in [6.07, 6.45) is 0. The zero-order valence-corrected chi connectivity index (χ0v) is 15.1. The van der Waals surface area contributed by atoms with Gasteiger partial charge in [0.05, 0.1) is 9.82 Å².